The Morgan fingerprint density at radius 2 is 1.30 bits per heavy atom. The largest absolute Gasteiger partial charge is 0.478 e. The van der Waals surface area contributed by atoms with Crippen molar-refractivity contribution in [1.29, 1.82) is 0 Å². The number of unbranched alkanes of at least 4 members (excludes halogenated alkanes) is 1. The summed E-state index contributed by atoms with van der Waals surface area (Å²) >= 11 is 5.94. The third-order valence-electron chi connectivity index (χ3n) is 6.64. The van der Waals surface area contributed by atoms with Crippen LogP contribution in [0.25, 0.3) is 11.3 Å². The molecule has 2 fully saturated rings. The van der Waals surface area contributed by atoms with E-state index >= 15 is 0 Å². The number of hydrazone groups is 1. The van der Waals surface area contributed by atoms with Crippen LogP contribution in [-0.2, 0) is 19.2 Å². The van der Waals surface area contributed by atoms with Crippen LogP contribution < -0.4 is 0 Å². The molecule has 1 aromatic carbocycles. The predicted octanol–water partition coefficient (Wildman–Crippen LogP) is 3.12. The normalized spacial score (nSPS) is 15.5. The Bertz CT molecular complexity index is 1370. The van der Waals surface area contributed by atoms with Gasteiger partial charge in [0.05, 0.1) is 12.8 Å². The van der Waals surface area contributed by atoms with Gasteiger partial charge >= 0.3 is 29.9 Å². The number of amides is 2. The van der Waals surface area contributed by atoms with Crippen LogP contribution in [0.5, 0.6) is 0 Å². The van der Waals surface area contributed by atoms with Gasteiger partial charge in [-0.2, -0.15) is 5.10 Å². The monoisotopic (exact) mass is 675 g/mol. The molecule has 15 nitrogen and oxygen atoms in total. The molecule has 2 saturated heterocycles. The maximum atomic E-state index is 12.6. The highest BCUT2D eigenvalue weighted by Gasteiger charge is 2.27. The first-order valence-corrected chi connectivity index (χ1v) is 14.9. The fourth-order valence-corrected chi connectivity index (χ4v) is 4.32. The zero-order valence-electron chi connectivity index (χ0n) is 25.8. The second-order valence-electron chi connectivity index (χ2n) is 10.2. The van der Waals surface area contributed by atoms with Crippen molar-refractivity contribution < 1.29 is 48.8 Å². The van der Waals surface area contributed by atoms with Crippen LogP contribution in [0.4, 0.5) is 4.79 Å². The van der Waals surface area contributed by atoms with Crippen molar-refractivity contribution in [1.82, 2.24) is 19.7 Å². The van der Waals surface area contributed by atoms with E-state index in [2.05, 4.69) is 21.9 Å². The number of piperazine rings is 1. The lowest BCUT2D eigenvalue weighted by atomic mass is 10.2. The zero-order valence-corrected chi connectivity index (χ0v) is 26.5. The number of likely N-dealkylation sites (N-methyl/N-ethyl adjacent to an activating group) is 1. The summed E-state index contributed by atoms with van der Waals surface area (Å²) in [6, 6.07) is 11.2. The Morgan fingerprint density at radius 3 is 1.83 bits per heavy atom. The second-order valence-corrected chi connectivity index (χ2v) is 10.7. The van der Waals surface area contributed by atoms with Crippen molar-refractivity contribution in [3.05, 3.63) is 71.5 Å². The van der Waals surface area contributed by atoms with E-state index in [1.807, 2.05) is 41.3 Å². The van der Waals surface area contributed by atoms with Crippen molar-refractivity contribution in [3.8, 4) is 11.3 Å². The molecule has 4 N–H and O–H groups in total. The summed E-state index contributed by atoms with van der Waals surface area (Å²) in [6.07, 6.45) is 5.98. The second kappa shape index (κ2) is 20.2. The minimum Gasteiger partial charge on any atom is -0.478 e. The maximum absolute atomic E-state index is 12.6. The molecule has 4 rings (SSSR count). The standard InChI is InChI=1S/C23H30ClN5O2.2C4H4O4/c1-26-12-14-27(15-13-26)10-2-3-11-28-16-17-29(23(28)30)25-18-21-8-9-22(31-21)19-4-6-20(24)7-5-19;2*5-3(6)1-2-4(7)8/h4-9,18H,2-3,10-17H2,1H3;2*1-2H,(H,5,6)(H,7,8)/b;2*2-1-. The van der Waals surface area contributed by atoms with Gasteiger partial charge in [0.1, 0.15) is 11.5 Å². The first-order valence-electron chi connectivity index (χ1n) is 14.5. The predicted molar refractivity (Wildman–Crippen MR) is 172 cm³/mol. The van der Waals surface area contributed by atoms with Crippen molar-refractivity contribution in [3.63, 3.8) is 0 Å². The van der Waals surface area contributed by atoms with Crippen molar-refractivity contribution in [2.75, 3.05) is 59.4 Å². The van der Waals surface area contributed by atoms with Gasteiger partial charge in [-0.25, -0.2) is 29.0 Å². The van der Waals surface area contributed by atoms with E-state index in [4.69, 9.17) is 36.4 Å². The van der Waals surface area contributed by atoms with E-state index in [0.29, 0.717) is 41.6 Å². The Labute approximate surface area is 276 Å². The topological polar surface area (TPSA) is 205 Å². The smallest absolute Gasteiger partial charge is 0.340 e. The Hall–Kier alpha value is -4.99. The van der Waals surface area contributed by atoms with Gasteiger partial charge in [0.15, 0.2) is 0 Å². The molecule has 3 heterocycles. The molecule has 0 radical (unpaired) electrons. The fraction of sp³-hybridized carbons (Fsp3) is 0.355. The summed E-state index contributed by atoms with van der Waals surface area (Å²) in [5.41, 5.74) is 0.948. The lowest BCUT2D eigenvalue weighted by Crippen LogP contribution is -2.44. The van der Waals surface area contributed by atoms with E-state index in [-0.39, 0.29) is 6.03 Å². The van der Waals surface area contributed by atoms with Crippen LogP contribution in [-0.4, -0.2) is 136 Å². The molecule has 2 aromatic rings. The highest BCUT2D eigenvalue weighted by atomic mass is 35.5. The molecule has 2 amide bonds. The molecule has 2 aliphatic rings. The number of carbonyl (C=O) groups is 5. The molecule has 2 aliphatic heterocycles. The Kier molecular flexibility index (Phi) is 16.4. The highest BCUT2D eigenvalue weighted by molar-refractivity contribution is 6.30. The van der Waals surface area contributed by atoms with E-state index in [1.165, 1.54) is 5.01 Å². The molecule has 0 unspecified atom stereocenters. The van der Waals surface area contributed by atoms with Crippen LogP contribution in [0.3, 0.4) is 0 Å². The lowest BCUT2D eigenvalue weighted by Gasteiger charge is -2.32. The number of halogens is 1. The molecular formula is C31H38ClN5O10. The summed E-state index contributed by atoms with van der Waals surface area (Å²) in [7, 11) is 2.18. The summed E-state index contributed by atoms with van der Waals surface area (Å²) in [5, 5.41) is 37.8. The number of hydrogen-bond donors (Lipinski definition) is 4. The molecular weight excluding hydrogens is 638 g/mol. The van der Waals surface area contributed by atoms with Crippen LogP contribution >= 0.6 is 11.6 Å². The number of carbonyl (C=O) groups excluding carboxylic acids is 1. The van der Waals surface area contributed by atoms with E-state index in [0.717, 1.165) is 70.0 Å². The van der Waals surface area contributed by atoms with Crippen LogP contribution in [0.2, 0.25) is 5.02 Å². The molecule has 254 valence electrons. The lowest BCUT2D eigenvalue weighted by molar-refractivity contribution is -0.134. The SMILES string of the molecule is CN1CCN(CCCCN2CCN(N=Cc3ccc(-c4ccc(Cl)cc4)o3)C2=O)CC1.O=C(O)/C=C\C(=O)O.O=C(O)/C=C\C(=O)O. The molecule has 1 aromatic heterocycles. The van der Waals surface area contributed by atoms with Crippen LogP contribution in [0.1, 0.15) is 18.6 Å². The molecule has 16 heteroatoms. The zero-order chi connectivity index (χ0) is 34.8. The number of aliphatic carboxylic acids is 4. The summed E-state index contributed by atoms with van der Waals surface area (Å²) in [5.74, 6) is -3.67. The Morgan fingerprint density at radius 1 is 0.766 bits per heavy atom. The summed E-state index contributed by atoms with van der Waals surface area (Å²) < 4.78 is 5.82. The number of carboxylic acids is 4. The molecule has 0 spiro atoms. The summed E-state index contributed by atoms with van der Waals surface area (Å²) in [6.45, 7) is 7.83. The van der Waals surface area contributed by atoms with Crippen molar-refractivity contribution >= 4 is 47.7 Å². The fourth-order valence-electron chi connectivity index (χ4n) is 4.20. The Balaban J connectivity index is 0.000000397. The van der Waals surface area contributed by atoms with E-state index in [1.54, 1.807) is 6.21 Å². The summed E-state index contributed by atoms with van der Waals surface area (Å²) in [4.78, 5) is 57.6. The molecule has 0 bridgehead atoms. The molecule has 0 aliphatic carbocycles. The number of rotatable bonds is 12. The van der Waals surface area contributed by atoms with Gasteiger partial charge in [0.2, 0.25) is 0 Å². The quantitative estimate of drug-likeness (QED) is 0.146. The van der Waals surface area contributed by atoms with Gasteiger partial charge in [-0.3, -0.25) is 0 Å². The van der Waals surface area contributed by atoms with Crippen LogP contribution in [0.15, 0.2) is 70.2 Å². The van der Waals surface area contributed by atoms with Gasteiger partial charge in [-0.05, 0) is 62.8 Å². The minimum atomic E-state index is -1.26. The van der Waals surface area contributed by atoms with E-state index < -0.39 is 23.9 Å². The van der Waals surface area contributed by atoms with Crippen LogP contribution in [0, 0.1) is 0 Å². The maximum Gasteiger partial charge on any atom is 0.340 e. The third kappa shape index (κ3) is 15.7. The number of benzene rings is 1. The van der Waals surface area contributed by atoms with Crippen molar-refractivity contribution in [2.45, 2.75) is 12.8 Å². The highest BCUT2D eigenvalue weighted by Crippen LogP contribution is 2.23. The van der Waals surface area contributed by atoms with Gasteiger partial charge < -0.3 is 39.5 Å². The number of nitrogens with zero attached hydrogens (tertiary/aromatic N) is 5. The molecule has 0 saturated carbocycles. The van der Waals surface area contributed by atoms with Gasteiger partial charge in [0, 0.05) is 74.2 Å². The first kappa shape index (κ1) is 38.2. The third-order valence-corrected chi connectivity index (χ3v) is 6.89. The van der Waals surface area contributed by atoms with Gasteiger partial charge in [-0.15, -0.1) is 0 Å². The number of hydrogen-bond acceptors (Lipinski definition) is 9. The van der Waals surface area contributed by atoms with Gasteiger partial charge in [-0.1, -0.05) is 11.6 Å². The average Bonchev–Trinajstić information content (AvgIpc) is 3.64. The minimum absolute atomic E-state index is 0.0275. The van der Waals surface area contributed by atoms with Gasteiger partial charge in [0.25, 0.3) is 0 Å². The van der Waals surface area contributed by atoms with E-state index in [9.17, 15) is 24.0 Å². The van der Waals surface area contributed by atoms with Crippen molar-refractivity contribution in [2.24, 2.45) is 5.10 Å². The first-order chi connectivity index (χ1) is 22.3. The molecule has 47 heavy (non-hydrogen) atoms. The number of carboxylic acid groups (broad SMARTS) is 4. The number of furan rings is 1. The number of urea groups is 1. The molecule has 0 atom stereocenters. The average molecular weight is 676 g/mol.